The van der Waals surface area contributed by atoms with Gasteiger partial charge in [-0.2, -0.15) is 0 Å². The van der Waals surface area contributed by atoms with Gasteiger partial charge in [0.15, 0.2) is 11.7 Å². The molecule has 0 unspecified atom stereocenters. The highest BCUT2D eigenvalue weighted by Gasteiger charge is 2.37. The van der Waals surface area contributed by atoms with Crippen LogP contribution in [0.15, 0.2) is 45.6 Å². The number of aromatic nitrogens is 1. The highest BCUT2D eigenvalue weighted by Crippen LogP contribution is 2.28. The standard InChI is InChI=1S/C44H57N7O9/c1-29-26-30(27-36-39(29)46-43(56)59-36)28-37(60-44(57)50-22-14-34(15-23-50)51-24-11-31-6-2-3-7-35(31)45-42(51)55)40(53)49-20-12-33(13-21-49)47-18-9-32(10-19-47)41(54)58-25-5-17-48-16-4-8-38(48)52/h2-3,6-7,26-27,32-34,37H,4-5,8-25,28H2,1H3,(H,45,55)(H,46,56)/t37-/m1/s1. The van der Waals surface area contributed by atoms with Crippen molar-refractivity contribution in [2.45, 2.75) is 95.7 Å². The number of rotatable bonds is 11. The third kappa shape index (κ3) is 9.48. The molecular formula is C44H57N7O9. The first-order valence-corrected chi connectivity index (χ1v) is 21.8. The van der Waals surface area contributed by atoms with E-state index in [2.05, 4.69) is 15.2 Å². The third-order valence-corrected chi connectivity index (χ3v) is 13.2. The molecular weight excluding hydrogens is 771 g/mol. The molecule has 0 radical (unpaired) electrons. The van der Waals surface area contributed by atoms with E-state index in [0.29, 0.717) is 88.2 Å². The Morgan fingerprint density at radius 2 is 1.58 bits per heavy atom. The number of nitrogens with zero attached hydrogens (tertiary/aromatic N) is 5. The first-order valence-electron chi connectivity index (χ1n) is 21.8. The number of benzene rings is 2. The fraction of sp³-hybridized carbons (Fsp3) is 0.591. The number of hydrogen-bond donors (Lipinski definition) is 2. The van der Waals surface area contributed by atoms with Crippen LogP contribution in [0.2, 0.25) is 0 Å². The van der Waals surface area contributed by atoms with Crippen LogP contribution in [0, 0.1) is 12.8 Å². The van der Waals surface area contributed by atoms with Crippen LogP contribution in [-0.4, -0.2) is 143 Å². The van der Waals surface area contributed by atoms with Crippen molar-refractivity contribution in [2.75, 3.05) is 70.8 Å². The second-order valence-corrected chi connectivity index (χ2v) is 17.0. The van der Waals surface area contributed by atoms with Crippen LogP contribution in [0.1, 0.15) is 74.5 Å². The summed E-state index contributed by atoms with van der Waals surface area (Å²) in [6.45, 7) is 7.56. The molecule has 322 valence electrons. The maximum Gasteiger partial charge on any atom is 0.417 e. The van der Waals surface area contributed by atoms with Crippen LogP contribution < -0.4 is 11.1 Å². The second kappa shape index (κ2) is 18.5. The van der Waals surface area contributed by atoms with Gasteiger partial charge in [-0.05, 0) is 107 Å². The topological polar surface area (TPSA) is 178 Å². The highest BCUT2D eigenvalue weighted by molar-refractivity contribution is 5.91. The van der Waals surface area contributed by atoms with Crippen LogP contribution >= 0.6 is 0 Å². The summed E-state index contributed by atoms with van der Waals surface area (Å²) in [4.78, 5) is 90.2. The Balaban J connectivity index is 0.844. The Hall–Kier alpha value is -5.38. The lowest BCUT2D eigenvalue weighted by atomic mass is 9.93. The molecule has 3 aromatic rings. The van der Waals surface area contributed by atoms with E-state index in [1.165, 1.54) is 0 Å². The molecule has 4 saturated heterocycles. The van der Waals surface area contributed by atoms with Gasteiger partial charge in [-0.3, -0.25) is 19.4 Å². The Bertz CT molecular complexity index is 2110. The molecule has 16 heteroatoms. The minimum atomic E-state index is -1.10. The Kier molecular flexibility index (Phi) is 12.7. The molecule has 5 aliphatic rings. The summed E-state index contributed by atoms with van der Waals surface area (Å²) < 4.78 is 17.0. The monoisotopic (exact) mass is 827 g/mol. The van der Waals surface area contributed by atoms with Crippen molar-refractivity contribution in [3.05, 3.63) is 63.6 Å². The van der Waals surface area contributed by atoms with Crippen molar-refractivity contribution >= 4 is 46.7 Å². The summed E-state index contributed by atoms with van der Waals surface area (Å²) in [6, 6.07) is 11.5. The van der Waals surface area contributed by atoms with Crippen LogP contribution in [0.25, 0.3) is 11.1 Å². The number of likely N-dealkylation sites (tertiary alicyclic amines) is 4. The van der Waals surface area contributed by atoms with E-state index in [9.17, 15) is 28.8 Å². The maximum atomic E-state index is 14.3. The van der Waals surface area contributed by atoms with Crippen molar-refractivity contribution in [1.82, 2.24) is 29.5 Å². The van der Waals surface area contributed by atoms with Gasteiger partial charge in [0.05, 0.1) is 18.0 Å². The van der Waals surface area contributed by atoms with E-state index >= 15 is 0 Å². The number of piperidine rings is 3. The van der Waals surface area contributed by atoms with Gasteiger partial charge in [-0.1, -0.05) is 24.3 Å². The smallest absolute Gasteiger partial charge is 0.417 e. The van der Waals surface area contributed by atoms with Crippen LogP contribution in [-0.2, 0) is 36.7 Å². The van der Waals surface area contributed by atoms with Gasteiger partial charge in [0.25, 0.3) is 5.91 Å². The van der Waals surface area contributed by atoms with Gasteiger partial charge < -0.3 is 43.7 Å². The number of anilines is 1. The van der Waals surface area contributed by atoms with E-state index in [1.54, 1.807) is 15.9 Å². The summed E-state index contributed by atoms with van der Waals surface area (Å²) in [5, 5.41) is 3.04. The van der Waals surface area contributed by atoms with Crippen LogP contribution in [0.4, 0.5) is 15.3 Å². The maximum absolute atomic E-state index is 14.3. The number of esters is 1. The SMILES string of the molecule is Cc1cc(C[C@@H](OC(=O)N2CCC(N3CCc4ccccc4NC3=O)CC2)C(=O)N2CCC(N3CCC(C(=O)OCCCN4CCCC4=O)CC3)CC2)cc2oc(=O)[nH]c12. The number of nitrogens with one attached hydrogen (secondary N) is 2. The summed E-state index contributed by atoms with van der Waals surface area (Å²) in [6.07, 6.45) is 5.52. The molecule has 0 saturated carbocycles. The zero-order valence-electron chi connectivity index (χ0n) is 34.5. The predicted molar refractivity (Wildman–Crippen MR) is 221 cm³/mol. The summed E-state index contributed by atoms with van der Waals surface area (Å²) in [5.41, 5.74) is 4.38. The Labute approximate surface area is 349 Å². The quantitative estimate of drug-likeness (QED) is 0.210. The van der Waals surface area contributed by atoms with Crippen molar-refractivity contribution in [3.8, 4) is 0 Å². The number of carbonyl (C=O) groups excluding carboxylic acids is 5. The van der Waals surface area contributed by atoms with E-state index < -0.39 is 18.0 Å². The van der Waals surface area contributed by atoms with Crippen molar-refractivity contribution < 1.29 is 37.9 Å². The van der Waals surface area contributed by atoms with Crippen molar-refractivity contribution in [2.24, 2.45) is 5.92 Å². The Morgan fingerprint density at radius 1 is 0.850 bits per heavy atom. The Morgan fingerprint density at radius 3 is 2.33 bits per heavy atom. The lowest BCUT2D eigenvalue weighted by Crippen LogP contribution is -2.53. The summed E-state index contributed by atoms with van der Waals surface area (Å²) in [5.74, 6) is -0.934. The number of hydrogen-bond acceptors (Lipinski definition) is 10. The van der Waals surface area contributed by atoms with E-state index in [4.69, 9.17) is 13.9 Å². The number of ether oxygens (including phenoxy) is 2. The minimum absolute atomic E-state index is 0.0315. The van der Waals surface area contributed by atoms with Gasteiger partial charge in [0, 0.05) is 76.4 Å². The van der Waals surface area contributed by atoms with Gasteiger partial charge in [0.1, 0.15) is 0 Å². The molecule has 5 amide bonds. The molecule has 1 aromatic heterocycles. The lowest BCUT2D eigenvalue weighted by Gasteiger charge is -2.42. The lowest BCUT2D eigenvalue weighted by molar-refractivity contribution is -0.151. The number of para-hydroxylation sites is 1. The number of aryl methyl sites for hydroxylation is 1. The molecule has 60 heavy (non-hydrogen) atoms. The normalized spacial score (nSPS) is 20.6. The third-order valence-electron chi connectivity index (χ3n) is 13.2. The molecule has 0 aliphatic carbocycles. The molecule has 1 atom stereocenters. The molecule has 16 nitrogen and oxygen atoms in total. The zero-order valence-corrected chi connectivity index (χ0v) is 34.5. The first kappa shape index (κ1) is 41.4. The van der Waals surface area contributed by atoms with Crippen LogP contribution in [0.5, 0.6) is 0 Å². The van der Waals surface area contributed by atoms with Crippen LogP contribution in [0.3, 0.4) is 0 Å². The molecule has 5 aliphatic heterocycles. The number of fused-ring (bicyclic) bond motifs is 2. The van der Waals surface area contributed by atoms with Gasteiger partial charge in [-0.15, -0.1) is 0 Å². The van der Waals surface area contributed by atoms with E-state index in [1.807, 2.05) is 47.1 Å². The molecule has 2 aromatic carbocycles. The fourth-order valence-electron chi connectivity index (χ4n) is 9.74. The minimum Gasteiger partial charge on any atom is -0.465 e. The molecule has 0 bridgehead atoms. The average Bonchev–Trinajstić information content (AvgIpc) is 3.81. The van der Waals surface area contributed by atoms with Gasteiger partial charge in [0.2, 0.25) is 5.91 Å². The van der Waals surface area contributed by atoms with Crippen molar-refractivity contribution in [1.29, 1.82) is 0 Å². The number of oxazole rings is 1. The molecule has 8 rings (SSSR count). The van der Waals surface area contributed by atoms with Gasteiger partial charge in [-0.25, -0.2) is 14.4 Å². The zero-order chi connectivity index (χ0) is 41.8. The predicted octanol–water partition coefficient (Wildman–Crippen LogP) is 4.29. The molecule has 0 spiro atoms. The summed E-state index contributed by atoms with van der Waals surface area (Å²) in [7, 11) is 0. The number of carbonyl (C=O) groups is 5. The fourth-order valence-corrected chi connectivity index (χ4v) is 9.74. The second-order valence-electron chi connectivity index (χ2n) is 17.0. The number of H-pyrrole nitrogens is 1. The first-order chi connectivity index (χ1) is 29.1. The van der Waals surface area contributed by atoms with E-state index in [0.717, 1.165) is 75.0 Å². The van der Waals surface area contributed by atoms with Gasteiger partial charge >= 0.3 is 23.8 Å². The highest BCUT2D eigenvalue weighted by atomic mass is 16.6. The van der Waals surface area contributed by atoms with E-state index in [-0.39, 0.29) is 48.2 Å². The largest absolute Gasteiger partial charge is 0.465 e. The molecule has 4 fully saturated rings. The summed E-state index contributed by atoms with van der Waals surface area (Å²) >= 11 is 0. The van der Waals surface area contributed by atoms with Crippen molar-refractivity contribution in [3.63, 3.8) is 0 Å². The number of aromatic amines is 1. The average molecular weight is 828 g/mol. The molecule has 2 N–H and O–H groups in total. The molecule has 6 heterocycles. The number of amides is 5. The number of urea groups is 1.